The van der Waals surface area contributed by atoms with Crippen molar-refractivity contribution in [2.75, 3.05) is 18.5 Å². The lowest BCUT2D eigenvalue weighted by Gasteiger charge is -2.09. The molecule has 6 heteroatoms. The number of unbranched alkanes of at least 4 members (excludes halogenated alkanes) is 1. The molecule has 0 aliphatic rings. The average Bonchev–Trinajstić information content (AvgIpc) is 2.77. The van der Waals surface area contributed by atoms with Gasteiger partial charge in [0.25, 0.3) is 0 Å². The molecule has 3 aromatic rings. The number of aromatic nitrogens is 2. The van der Waals surface area contributed by atoms with Crippen LogP contribution in [-0.2, 0) is 6.42 Å². The number of nitrogens with zero attached hydrogens (tertiary/aromatic N) is 2. The Hall–Kier alpha value is -3.41. The number of benzene rings is 2. The molecule has 2 amide bonds. The van der Waals surface area contributed by atoms with Crippen LogP contribution in [0.25, 0.3) is 11.3 Å². The van der Waals surface area contributed by atoms with Crippen LogP contribution >= 0.6 is 0 Å². The maximum atomic E-state index is 12.0. The zero-order valence-corrected chi connectivity index (χ0v) is 16.6. The summed E-state index contributed by atoms with van der Waals surface area (Å²) in [6, 6.07) is 21.1. The Balaban J connectivity index is 1.37. The number of anilines is 1. The number of rotatable bonds is 9. The maximum Gasteiger partial charge on any atom is 0.319 e. The minimum Gasteiger partial charge on any atom is -0.475 e. The second kappa shape index (κ2) is 10.8. The van der Waals surface area contributed by atoms with Gasteiger partial charge in [-0.05, 0) is 36.6 Å². The highest BCUT2D eigenvalue weighted by Gasteiger charge is 2.04. The van der Waals surface area contributed by atoms with E-state index in [1.165, 1.54) is 18.4 Å². The number of nitrogens with one attached hydrogen (secondary N) is 2. The average molecular weight is 390 g/mol. The first kappa shape index (κ1) is 20.3. The molecule has 0 spiro atoms. The minimum absolute atomic E-state index is 0.264. The fourth-order valence-corrected chi connectivity index (χ4v) is 2.79. The summed E-state index contributed by atoms with van der Waals surface area (Å²) in [5, 5.41) is 13.8. The first-order valence-corrected chi connectivity index (χ1v) is 9.90. The molecule has 2 N–H and O–H groups in total. The van der Waals surface area contributed by atoms with Gasteiger partial charge in [-0.3, -0.25) is 0 Å². The topological polar surface area (TPSA) is 76.1 Å². The number of amides is 2. The first-order chi connectivity index (χ1) is 14.2. The van der Waals surface area contributed by atoms with Gasteiger partial charge in [0.15, 0.2) is 0 Å². The summed E-state index contributed by atoms with van der Waals surface area (Å²) in [6.45, 7) is 2.85. The Bertz CT molecular complexity index is 881. The number of hydrogen-bond donors (Lipinski definition) is 2. The Morgan fingerprint density at radius 1 is 0.966 bits per heavy atom. The van der Waals surface area contributed by atoms with E-state index in [1.807, 2.05) is 60.7 Å². The Labute approximate surface area is 171 Å². The molecule has 0 unspecified atom stereocenters. The zero-order chi connectivity index (χ0) is 20.3. The fourth-order valence-electron chi connectivity index (χ4n) is 2.79. The van der Waals surface area contributed by atoms with Crippen LogP contribution in [0.3, 0.4) is 0 Å². The van der Waals surface area contributed by atoms with Crippen molar-refractivity contribution in [2.24, 2.45) is 0 Å². The summed E-state index contributed by atoms with van der Waals surface area (Å²) in [7, 11) is 0. The van der Waals surface area contributed by atoms with Crippen molar-refractivity contribution in [2.45, 2.75) is 26.2 Å². The van der Waals surface area contributed by atoms with Crippen molar-refractivity contribution in [3.63, 3.8) is 0 Å². The molecule has 2 aromatic carbocycles. The van der Waals surface area contributed by atoms with Gasteiger partial charge >= 0.3 is 6.03 Å². The second-order valence-electron chi connectivity index (χ2n) is 6.65. The third kappa shape index (κ3) is 6.60. The predicted molar refractivity (Wildman–Crippen MR) is 115 cm³/mol. The fraction of sp³-hybridized carbons (Fsp3) is 0.261. The molecule has 150 valence electrons. The van der Waals surface area contributed by atoms with Gasteiger partial charge in [0.05, 0.1) is 12.2 Å². The molecule has 0 aliphatic heterocycles. The summed E-state index contributed by atoms with van der Waals surface area (Å²) in [5.41, 5.74) is 3.84. The molecule has 0 bridgehead atoms. The van der Waals surface area contributed by atoms with Gasteiger partial charge in [0.1, 0.15) is 6.61 Å². The smallest absolute Gasteiger partial charge is 0.319 e. The van der Waals surface area contributed by atoms with Gasteiger partial charge in [-0.15, -0.1) is 10.2 Å². The van der Waals surface area contributed by atoms with Gasteiger partial charge in [0, 0.05) is 17.3 Å². The van der Waals surface area contributed by atoms with Crippen LogP contribution < -0.4 is 15.4 Å². The third-order valence-corrected chi connectivity index (χ3v) is 4.38. The highest BCUT2D eigenvalue weighted by molar-refractivity contribution is 5.89. The van der Waals surface area contributed by atoms with E-state index < -0.39 is 0 Å². The molecular formula is C23H26N4O2. The molecule has 0 saturated carbocycles. The molecule has 29 heavy (non-hydrogen) atoms. The lowest BCUT2D eigenvalue weighted by Crippen LogP contribution is -2.32. The normalized spacial score (nSPS) is 10.4. The maximum absolute atomic E-state index is 12.0. The van der Waals surface area contributed by atoms with Crippen molar-refractivity contribution in [1.82, 2.24) is 15.5 Å². The van der Waals surface area contributed by atoms with Crippen molar-refractivity contribution in [3.05, 3.63) is 72.3 Å². The lowest BCUT2D eigenvalue weighted by molar-refractivity contribution is 0.246. The molecule has 1 heterocycles. The quantitative estimate of drug-likeness (QED) is 0.520. The van der Waals surface area contributed by atoms with Crippen LogP contribution in [0.2, 0.25) is 0 Å². The Morgan fingerprint density at radius 2 is 1.76 bits per heavy atom. The highest BCUT2D eigenvalue weighted by atomic mass is 16.5. The van der Waals surface area contributed by atoms with E-state index in [0.29, 0.717) is 19.0 Å². The number of carbonyl (C=O) groups is 1. The van der Waals surface area contributed by atoms with Crippen LogP contribution in [0.4, 0.5) is 10.5 Å². The predicted octanol–water partition coefficient (Wildman–Crippen LogP) is 4.69. The number of aryl methyl sites for hydroxylation is 1. The Kier molecular flexibility index (Phi) is 7.57. The van der Waals surface area contributed by atoms with Crippen molar-refractivity contribution < 1.29 is 9.53 Å². The molecule has 0 fully saturated rings. The summed E-state index contributed by atoms with van der Waals surface area (Å²) >= 11 is 0. The van der Waals surface area contributed by atoms with Crippen LogP contribution in [0, 0.1) is 0 Å². The van der Waals surface area contributed by atoms with E-state index in [2.05, 4.69) is 27.8 Å². The van der Waals surface area contributed by atoms with E-state index in [1.54, 1.807) is 6.07 Å². The number of hydrogen-bond acceptors (Lipinski definition) is 4. The summed E-state index contributed by atoms with van der Waals surface area (Å²) < 4.78 is 5.53. The third-order valence-electron chi connectivity index (χ3n) is 4.38. The SMILES string of the molecule is CCCCc1ccc(NC(=O)NCCOc2ccc(-c3ccccc3)nn2)cc1. The Morgan fingerprint density at radius 3 is 2.45 bits per heavy atom. The highest BCUT2D eigenvalue weighted by Crippen LogP contribution is 2.17. The molecule has 0 aliphatic carbocycles. The molecule has 1 aromatic heterocycles. The molecule has 0 saturated heterocycles. The van der Waals surface area contributed by atoms with Gasteiger partial charge in [0.2, 0.25) is 5.88 Å². The van der Waals surface area contributed by atoms with Crippen molar-refractivity contribution >= 4 is 11.7 Å². The molecule has 6 nitrogen and oxygen atoms in total. The van der Waals surface area contributed by atoms with Gasteiger partial charge in [-0.1, -0.05) is 55.8 Å². The van der Waals surface area contributed by atoms with E-state index >= 15 is 0 Å². The minimum atomic E-state index is -0.264. The van der Waals surface area contributed by atoms with Crippen molar-refractivity contribution in [3.8, 4) is 17.1 Å². The first-order valence-electron chi connectivity index (χ1n) is 9.90. The zero-order valence-electron chi connectivity index (χ0n) is 16.6. The van der Waals surface area contributed by atoms with Crippen LogP contribution in [0.1, 0.15) is 25.3 Å². The summed E-state index contributed by atoms with van der Waals surface area (Å²) in [5.74, 6) is 0.426. The van der Waals surface area contributed by atoms with Gasteiger partial charge < -0.3 is 15.4 Å². The largest absolute Gasteiger partial charge is 0.475 e. The van der Waals surface area contributed by atoms with E-state index in [-0.39, 0.29) is 6.03 Å². The molecule has 0 atom stereocenters. The van der Waals surface area contributed by atoms with Crippen molar-refractivity contribution in [1.29, 1.82) is 0 Å². The number of carbonyl (C=O) groups excluding carboxylic acids is 1. The standard InChI is InChI=1S/C23H26N4O2/c1-2-3-7-18-10-12-20(13-11-18)25-23(28)24-16-17-29-22-15-14-21(26-27-22)19-8-5-4-6-9-19/h4-6,8-15H,2-3,7,16-17H2,1H3,(H2,24,25,28). The van der Waals surface area contributed by atoms with Gasteiger partial charge in [-0.2, -0.15) is 0 Å². The van der Waals surface area contributed by atoms with E-state index in [4.69, 9.17) is 4.74 Å². The van der Waals surface area contributed by atoms with Gasteiger partial charge in [-0.25, -0.2) is 4.79 Å². The molecule has 3 rings (SSSR count). The second-order valence-corrected chi connectivity index (χ2v) is 6.65. The summed E-state index contributed by atoms with van der Waals surface area (Å²) in [6.07, 6.45) is 3.41. The molecular weight excluding hydrogens is 364 g/mol. The number of urea groups is 1. The lowest BCUT2D eigenvalue weighted by atomic mass is 10.1. The van der Waals surface area contributed by atoms with E-state index in [0.717, 1.165) is 23.4 Å². The summed E-state index contributed by atoms with van der Waals surface area (Å²) in [4.78, 5) is 12.0. The van der Waals surface area contributed by atoms with E-state index in [9.17, 15) is 4.79 Å². The molecule has 0 radical (unpaired) electrons. The monoisotopic (exact) mass is 390 g/mol. The van der Waals surface area contributed by atoms with Crippen LogP contribution in [0.15, 0.2) is 66.7 Å². The number of ether oxygens (including phenoxy) is 1. The van der Waals surface area contributed by atoms with Crippen LogP contribution in [-0.4, -0.2) is 29.4 Å². The van der Waals surface area contributed by atoms with Crippen LogP contribution in [0.5, 0.6) is 5.88 Å².